The Labute approximate surface area is 344 Å². The van der Waals surface area contributed by atoms with E-state index in [0.717, 1.165) is 55.9 Å². The van der Waals surface area contributed by atoms with Crippen molar-refractivity contribution >= 4 is 93.9 Å². The molecule has 0 aliphatic carbocycles. The molecule has 276 valence electrons. The summed E-state index contributed by atoms with van der Waals surface area (Å²) < 4.78 is 12.5. The van der Waals surface area contributed by atoms with Gasteiger partial charge in [0.1, 0.15) is 11.0 Å². The number of hydrogen-bond acceptors (Lipinski definition) is 4. The van der Waals surface area contributed by atoms with Gasteiger partial charge in [0.05, 0.1) is 28.4 Å². The van der Waals surface area contributed by atoms with E-state index in [1.807, 2.05) is 0 Å². The van der Waals surface area contributed by atoms with Crippen molar-refractivity contribution in [1.29, 1.82) is 0 Å². The highest BCUT2D eigenvalue weighted by molar-refractivity contribution is 7.00. The highest BCUT2D eigenvalue weighted by atomic mass is 32.1. The fourth-order valence-electron chi connectivity index (χ4n) is 9.18. The summed E-state index contributed by atoms with van der Waals surface area (Å²) in [6, 6.07) is 74.4. The van der Waals surface area contributed by atoms with Crippen LogP contribution in [0.1, 0.15) is 0 Å². The lowest BCUT2D eigenvalue weighted by Gasteiger charge is -2.26. The Morgan fingerprint density at radius 3 is 1.83 bits per heavy atom. The lowest BCUT2D eigenvalue weighted by atomic mass is 9.92. The molecule has 0 N–H and O–H groups in total. The van der Waals surface area contributed by atoms with Crippen LogP contribution >= 0.6 is 11.7 Å². The molecule has 0 fully saturated rings. The van der Waals surface area contributed by atoms with Gasteiger partial charge in [-0.1, -0.05) is 146 Å². The van der Waals surface area contributed by atoms with Gasteiger partial charge in [-0.3, -0.25) is 0 Å². The number of aromatic nitrogens is 3. The molecule has 5 heteroatoms. The molecule has 4 nitrogen and oxygen atoms in total. The van der Waals surface area contributed by atoms with Crippen LogP contribution in [0.2, 0.25) is 0 Å². The van der Waals surface area contributed by atoms with Crippen LogP contribution in [-0.2, 0) is 0 Å². The summed E-state index contributed by atoms with van der Waals surface area (Å²) >= 11 is 1.26. The molecule has 0 amide bonds. The van der Waals surface area contributed by atoms with Gasteiger partial charge in [0.25, 0.3) is 0 Å². The molecule has 0 radical (unpaired) electrons. The Hall–Kier alpha value is -7.60. The van der Waals surface area contributed by atoms with Crippen molar-refractivity contribution in [2.75, 3.05) is 4.90 Å². The largest absolute Gasteiger partial charge is 0.309 e. The van der Waals surface area contributed by atoms with Crippen LogP contribution in [-0.4, -0.2) is 13.3 Å². The van der Waals surface area contributed by atoms with Gasteiger partial charge in [0.15, 0.2) is 0 Å². The second-order valence-corrected chi connectivity index (χ2v) is 15.6. The van der Waals surface area contributed by atoms with E-state index >= 15 is 0 Å². The SMILES string of the molecule is c1ccc(N(c2ccc3ccccc3c2)c2ccc(-c3cccc4c5ccccc5n(-c5ccc(-c6c7ccccc7cc7ccccc67)cc5)c34)c3nsnc23)cc1. The molecule has 0 unspecified atom stereocenters. The number of rotatable bonds is 6. The van der Waals surface area contributed by atoms with E-state index in [-0.39, 0.29) is 0 Å². The minimum Gasteiger partial charge on any atom is -0.309 e. The minimum atomic E-state index is 0.871. The third-order valence-electron chi connectivity index (χ3n) is 11.8. The molecule has 10 aromatic carbocycles. The number of fused-ring (bicyclic) bond motifs is 7. The van der Waals surface area contributed by atoms with Gasteiger partial charge >= 0.3 is 0 Å². The Balaban J connectivity index is 1.05. The molecule has 12 aromatic rings. The van der Waals surface area contributed by atoms with E-state index in [9.17, 15) is 0 Å². The van der Waals surface area contributed by atoms with Gasteiger partial charge in [-0.25, -0.2) is 0 Å². The van der Waals surface area contributed by atoms with Crippen LogP contribution in [0.15, 0.2) is 206 Å². The smallest absolute Gasteiger partial charge is 0.129 e. The third-order valence-corrected chi connectivity index (χ3v) is 12.3. The van der Waals surface area contributed by atoms with Crippen LogP contribution in [0.5, 0.6) is 0 Å². The molecule has 0 aliphatic rings. The van der Waals surface area contributed by atoms with Crippen molar-refractivity contribution in [1.82, 2.24) is 13.3 Å². The van der Waals surface area contributed by atoms with Crippen molar-refractivity contribution in [3.63, 3.8) is 0 Å². The number of benzene rings is 10. The first-order chi connectivity index (χ1) is 29.3. The summed E-state index contributed by atoms with van der Waals surface area (Å²) in [7, 11) is 0. The zero-order valence-electron chi connectivity index (χ0n) is 31.8. The summed E-state index contributed by atoms with van der Waals surface area (Å²) in [5.74, 6) is 0. The Bertz CT molecular complexity index is 3510. The molecular formula is C54H34N4S. The first-order valence-electron chi connectivity index (χ1n) is 19.9. The second-order valence-electron chi connectivity index (χ2n) is 15.1. The lowest BCUT2D eigenvalue weighted by molar-refractivity contribution is 1.18. The fraction of sp³-hybridized carbons (Fsp3) is 0. The highest BCUT2D eigenvalue weighted by Crippen LogP contribution is 2.45. The van der Waals surface area contributed by atoms with Gasteiger partial charge < -0.3 is 9.47 Å². The van der Waals surface area contributed by atoms with Gasteiger partial charge in [-0.05, 0) is 104 Å². The molecule has 0 saturated heterocycles. The first-order valence-corrected chi connectivity index (χ1v) is 20.6. The summed E-state index contributed by atoms with van der Waals surface area (Å²) in [5.41, 5.74) is 12.9. The van der Waals surface area contributed by atoms with Crippen molar-refractivity contribution in [3.05, 3.63) is 206 Å². The van der Waals surface area contributed by atoms with Gasteiger partial charge in [-0.2, -0.15) is 8.75 Å². The number of para-hydroxylation sites is 3. The highest BCUT2D eigenvalue weighted by Gasteiger charge is 2.23. The van der Waals surface area contributed by atoms with Gasteiger partial charge in [-0.15, -0.1) is 0 Å². The molecule has 0 bridgehead atoms. The molecule has 0 spiro atoms. The summed E-state index contributed by atoms with van der Waals surface area (Å²) in [5, 5.41) is 9.82. The normalized spacial score (nSPS) is 11.7. The van der Waals surface area contributed by atoms with Crippen molar-refractivity contribution < 1.29 is 0 Å². The monoisotopic (exact) mass is 770 g/mol. The Morgan fingerprint density at radius 2 is 1.05 bits per heavy atom. The van der Waals surface area contributed by atoms with E-state index < -0.39 is 0 Å². The van der Waals surface area contributed by atoms with Crippen LogP contribution in [0.4, 0.5) is 17.1 Å². The lowest BCUT2D eigenvalue weighted by Crippen LogP contribution is -2.10. The van der Waals surface area contributed by atoms with E-state index in [4.69, 9.17) is 8.75 Å². The van der Waals surface area contributed by atoms with Gasteiger partial charge in [0, 0.05) is 39.0 Å². The zero-order valence-corrected chi connectivity index (χ0v) is 32.6. The maximum Gasteiger partial charge on any atom is 0.129 e. The molecule has 12 rings (SSSR count). The topological polar surface area (TPSA) is 34.0 Å². The van der Waals surface area contributed by atoms with Crippen LogP contribution < -0.4 is 4.90 Å². The molecule has 0 saturated carbocycles. The van der Waals surface area contributed by atoms with Crippen LogP contribution in [0.25, 0.3) is 93.1 Å². The minimum absolute atomic E-state index is 0.871. The van der Waals surface area contributed by atoms with E-state index in [1.54, 1.807) is 0 Å². The summed E-state index contributed by atoms with van der Waals surface area (Å²) in [6.45, 7) is 0. The summed E-state index contributed by atoms with van der Waals surface area (Å²) in [6.07, 6.45) is 0. The maximum absolute atomic E-state index is 5.03. The Kier molecular flexibility index (Phi) is 7.68. The average molecular weight is 771 g/mol. The molecule has 59 heavy (non-hydrogen) atoms. The quantitative estimate of drug-likeness (QED) is 0.158. The van der Waals surface area contributed by atoms with Gasteiger partial charge in [0.2, 0.25) is 0 Å². The standard InChI is InChI=1S/C54H34N4S/c1-2-17-40(18-3-1)57(42-30-25-35-13-4-5-14-37(35)34-42)50-32-31-46(52-53(50)56-59-55-52)48-23-12-22-47-45-21-10-11-24-49(45)58(54(47)48)41-28-26-36(27-29-41)51-43-19-8-6-15-38(43)33-39-16-7-9-20-44(39)51/h1-34H. The van der Waals surface area contributed by atoms with Crippen LogP contribution in [0.3, 0.4) is 0 Å². The molecule has 2 heterocycles. The molecule has 0 atom stereocenters. The molecule has 0 aliphatic heterocycles. The van der Waals surface area contributed by atoms with E-state index in [1.165, 1.54) is 65.9 Å². The number of anilines is 3. The predicted octanol–water partition coefficient (Wildman–Crippen LogP) is 15.1. The zero-order chi connectivity index (χ0) is 38.9. The number of hydrogen-bond donors (Lipinski definition) is 0. The molecule has 2 aromatic heterocycles. The van der Waals surface area contributed by atoms with Crippen LogP contribution in [0, 0.1) is 0 Å². The third kappa shape index (κ3) is 5.36. The summed E-state index contributed by atoms with van der Waals surface area (Å²) in [4.78, 5) is 2.30. The number of nitrogens with zero attached hydrogens (tertiary/aromatic N) is 4. The van der Waals surface area contributed by atoms with E-state index in [2.05, 4.69) is 216 Å². The Morgan fingerprint density at radius 1 is 0.407 bits per heavy atom. The van der Waals surface area contributed by atoms with Crippen molar-refractivity contribution in [3.8, 4) is 27.9 Å². The predicted molar refractivity (Wildman–Crippen MR) is 250 cm³/mol. The fourth-order valence-corrected chi connectivity index (χ4v) is 9.75. The van der Waals surface area contributed by atoms with Crippen molar-refractivity contribution in [2.24, 2.45) is 0 Å². The van der Waals surface area contributed by atoms with Crippen molar-refractivity contribution in [2.45, 2.75) is 0 Å². The average Bonchev–Trinajstić information content (AvgIpc) is 3.93. The van der Waals surface area contributed by atoms with E-state index in [0.29, 0.717) is 0 Å². The first kappa shape index (κ1) is 33.5. The maximum atomic E-state index is 5.03. The second kappa shape index (κ2) is 13.5. The molecular weight excluding hydrogens is 737 g/mol.